The molecule has 0 aliphatic heterocycles. The highest BCUT2D eigenvalue weighted by Crippen LogP contribution is 2.19. The van der Waals surface area contributed by atoms with Crippen molar-refractivity contribution in [3.05, 3.63) is 109 Å². The zero-order chi connectivity index (χ0) is 23.5. The lowest BCUT2D eigenvalue weighted by Gasteiger charge is -2.06. The molecule has 0 amide bonds. The molecule has 6 aromatic rings. The minimum Gasteiger partial charge on any atom is -0.249 e. The Morgan fingerprint density at radius 1 is 0.457 bits per heavy atom. The van der Waals surface area contributed by atoms with E-state index in [0.717, 1.165) is 63.8 Å². The second kappa shape index (κ2) is 9.35. The van der Waals surface area contributed by atoms with Gasteiger partial charge in [-0.25, -0.2) is 29.9 Å². The van der Waals surface area contributed by atoms with E-state index in [1.807, 2.05) is 85.2 Å². The molecule has 0 unspecified atom stereocenters. The van der Waals surface area contributed by atoms with E-state index >= 15 is 0 Å². The van der Waals surface area contributed by atoms with Gasteiger partial charge in [-0.3, -0.25) is 0 Å². The first-order valence-electron chi connectivity index (χ1n) is 11.7. The highest BCUT2D eigenvalue weighted by Gasteiger charge is 2.08. The molecule has 35 heavy (non-hydrogen) atoms. The van der Waals surface area contributed by atoms with Crippen molar-refractivity contribution in [3.8, 4) is 23.0 Å². The average molecular weight is 455 g/mol. The van der Waals surface area contributed by atoms with Gasteiger partial charge < -0.3 is 0 Å². The third-order valence-corrected chi connectivity index (χ3v) is 5.92. The van der Waals surface area contributed by atoms with Crippen molar-refractivity contribution >= 4 is 21.8 Å². The summed E-state index contributed by atoms with van der Waals surface area (Å²) in [6, 6.07) is 28.0. The monoisotopic (exact) mass is 454 g/mol. The molecule has 0 aliphatic rings. The fraction of sp³-hybridized carbons (Fsp3) is 0.103. The highest BCUT2D eigenvalue weighted by atomic mass is 14.9. The minimum atomic E-state index is 0.648. The van der Waals surface area contributed by atoms with Gasteiger partial charge in [-0.15, -0.1) is 0 Å². The van der Waals surface area contributed by atoms with E-state index in [9.17, 15) is 0 Å². The van der Waals surface area contributed by atoms with Crippen LogP contribution in [0.3, 0.4) is 0 Å². The smallest absolute Gasteiger partial charge is 0.178 e. The Balaban J connectivity index is 1.15. The fourth-order valence-electron chi connectivity index (χ4n) is 4.13. The van der Waals surface area contributed by atoms with Gasteiger partial charge >= 0.3 is 0 Å². The summed E-state index contributed by atoms with van der Waals surface area (Å²) in [6.07, 6.45) is 6.33. The first-order valence-corrected chi connectivity index (χ1v) is 11.7. The zero-order valence-electron chi connectivity index (χ0n) is 19.0. The van der Waals surface area contributed by atoms with Gasteiger partial charge in [-0.2, -0.15) is 0 Å². The lowest BCUT2D eigenvalue weighted by atomic mass is 10.1. The van der Waals surface area contributed by atoms with Crippen LogP contribution in [0.2, 0.25) is 0 Å². The van der Waals surface area contributed by atoms with Crippen LogP contribution in [0.5, 0.6) is 0 Å². The number of para-hydroxylation sites is 2. The molecule has 6 rings (SSSR count). The molecule has 0 N–H and O–H groups in total. The Hall–Kier alpha value is -4.58. The second-order valence-corrected chi connectivity index (χ2v) is 8.39. The number of fused-ring (bicyclic) bond motifs is 2. The Kier molecular flexibility index (Phi) is 5.60. The number of rotatable bonds is 6. The average Bonchev–Trinajstić information content (AvgIpc) is 2.93. The Bertz CT molecular complexity index is 1520. The van der Waals surface area contributed by atoms with E-state index in [-0.39, 0.29) is 0 Å². The molecule has 0 saturated heterocycles. The van der Waals surface area contributed by atoms with Gasteiger partial charge in [-0.1, -0.05) is 48.5 Å². The molecule has 0 atom stereocenters. The number of pyridine rings is 2. The van der Waals surface area contributed by atoms with Crippen LogP contribution >= 0.6 is 0 Å². The molecule has 0 radical (unpaired) electrons. The van der Waals surface area contributed by atoms with E-state index in [4.69, 9.17) is 9.97 Å². The Labute approximate surface area is 202 Å². The fourth-order valence-corrected chi connectivity index (χ4v) is 4.13. The molecule has 6 nitrogen and oxygen atoms in total. The van der Waals surface area contributed by atoms with Crippen molar-refractivity contribution in [1.29, 1.82) is 0 Å². The number of aromatic nitrogens is 6. The topological polar surface area (TPSA) is 77.3 Å². The van der Waals surface area contributed by atoms with Crippen molar-refractivity contribution in [2.75, 3.05) is 0 Å². The molecule has 0 bridgehead atoms. The van der Waals surface area contributed by atoms with E-state index in [1.165, 1.54) is 0 Å². The van der Waals surface area contributed by atoms with Gasteiger partial charge in [0, 0.05) is 34.6 Å². The predicted molar refractivity (Wildman–Crippen MR) is 138 cm³/mol. The zero-order valence-corrected chi connectivity index (χ0v) is 19.0. The number of nitrogens with zero attached hydrogens (tertiary/aromatic N) is 6. The molecule has 0 spiro atoms. The Morgan fingerprint density at radius 2 is 0.943 bits per heavy atom. The van der Waals surface area contributed by atoms with Crippen LogP contribution in [0.15, 0.2) is 97.3 Å². The number of aryl methyl sites for hydroxylation is 2. The van der Waals surface area contributed by atoms with E-state index < -0.39 is 0 Å². The van der Waals surface area contributed by atoms with Crippen molar-refractivity contribution < 1.29 is 0 Å². The van der Waals surface area contributed by atoms with Gasteiger partial charge in [0.1, 0.15) is 11.4 Å². The van der Waals surface area contributed by atoms with Crippen LogP contribution in [-0.4, -0.2) is 29.9 Å². The molecule has 4 heterocycles. The summed E-state index contributed by atoms with van der Waals surface area (Å²) >= 11 is 0. The first-order chi connectivity index (χ1) is 17.3. The summed E-state index contributed by atoms with van der Waals surface area (Å²) in [5.74, 6) is 1.30. The largest absolute Gasteiger partial charge is 0.249 e. The van der Waals surface area contributed by atoms with Gasteiger partial charge in [-0.05, 0) is 55.7 Å². The van der Waals surface area contributed by atoms with Crippen LogP contribution < -0.4 is 0 Å². The van der Waals surface area contributed by atoms with Crippen LogP contribution in [-0.2, 0) is 12.8 Å². The van der Waals surface area contributed by atoms with Crippen molar-refractivity contribution in [3.63, 3.8) is 0 Å². The minimum absolute atomic E-state index is 0.648. The normalized spacial score (nSPS) is 11.2. The van der Waals surface area contributed by atoms with Crippen LogP contribution in [0.4, 0.5) is 0 Å². The quantitative estimate of drug-likeness (QED) is 0.313. The number of benzene rings is 2. The lowest BCUT2D eigenvalue weighted by molar-refractivity contribution is 0.782. The Morgan fingerprint density at radius 3 is 1.46 bits per heavy atom. The third-order valence-electron chi connectivity index (χ3n) is 5.92. The van der Waals surface area contributed by atoms with Gasteiger partial charge in [0.25, 0.3) is 0 Å². The first kappa shape index (κ1) is 21.0. The SMILES string of the molecule is c1cc(CCCc2cccc(-c3ncc4ccccc4n3)n2)nc(-c2ncc3ccccc3n2)c1. The third kappa shape index (κ3) is 4.59. The van der Waals surface area contributed by atoms with Crippen LogP contribution in [0, 0.1) is 0 Å². The molecule has 2 aromatic carbocycles. The molecular weight excluding hydrogens is 432 g/mol. The molecule has 6 heteroatoms. The lowest BCUT2D eigenvalue weighted by Crippen LogP contribution is -1.99. The van der Waals surface area contributed by atoms with E-state index in [0.29, 0.717) is 11.6 Å². The maximum atomic E-state index is 4.81. The standard InChI is InChI=1S/C29H22N6/c1-3-14-24-20(8-1)18-30-28(34-24)26-16-6-12-22(32-26)10-5-11-23-13-7-17-27(33-23)29-31-19-21-9-2-4-15-25(21)35-29/h1-4,6-9,12-19H,5,10-11H2. The van der Waals surface area contributed by atoms with E-state index in [2.05, 4.69) is 32.1 Å². The highest BCUT2D eigenvalue weighted by molar-refractivity contribution is 5.79. The predicted octanol–water partition coefficient (Wildman–Crippen LogP) is 5.87. The summed E-state index contributed by atoms with van der Waals surface area (Å²) in [7, 11) is 0. The van der Waals surface area contributed by atoms with Crippen molar-refractivity contribution in [2.24, 2.45) is 0 Å². The molecular formula is C29H22N6. The summed E-state index contributed by atoms with van der Waals surface area (Å²) in [5, 5.41) is 2.05. The van der Waals surface area contributed by atoms with Gasteiger partial charge in [0.15, 0.2) is 11.6 Å². The van der Waals surface area contributed by atoms with Crippen LogP contribution in [0.1, 0.15) is 17.8 Å². The molecule has 0 saturated carbocycles. The summed E-state index contributed by atoms with van der Waals surface area (Å²) in [5.41, 5.74) is 5.47. The number of hydrogen-bond donors (Lipinski definition) is 0. The maximum absolute atomic E-state index is 4.81. The van der Waals surface area contributed by atoms with Crippen LogP contribution in [0.25, 0.3) is 44.8 Å². The number of hydrogen-bond acceptors (Lipinski definition) is 6. The molecule has 168 valence electrons. The van der Waals surface area contributed by atoms with Gasteiger partial charge in [0.05, 0.1) is 11.0 Å². The van der Waals surface area contributed by atoms with E-state index in [1.54, 1.807) is 0 Å². The molecule has 4 aromatic heterocycles. The van der Waals surface area contributed by atoms with Crippen molar-refractivity contribution in [1.82, 2.24) is 29.9 Å². The van der Waals surface area contributed by atoms with Gasteiger partial charge in [0.2, 0.25) is 0 Å². The molecule has 0 aliphatic carbocycles. The second-order valence-electron chi connectivity index (χ2n) is 8.39. The van der Waals surface area contributed by atoms with Crippen molar-refractivity contribution in [2.45, 2.75) is 19.3 Å². The maximum Gasteiger partial charge on any atom is 0.178 e. The molecule has 0 fully saturated rings. The summed E-state index contributed by atoms with van der Waals surface area (Å²) in [6.45, 7) is 0. The summed E-state index contributed by atoms with van der Waals surface area (Å²) in [4.78, 5) is 28.0. The summed E-state index contributed by atoms with van der Waals surface area (Å²) < 4.78 is 0.